The summed E-state index contributed by atoms with van der Waals surface area (Å²) in [6.45, 7) is 3.02. The van der Waals surface area contributed by atoms with E-state index in [9.17, 15) is 9.59 Å². The summed E-state index contributed by atoms with van der Waals surface area (Å²) in [5, 5.41) is 2.72. The summed E-state index contributed by atoms with van der Waals surface area (Å²) in [5.41, 5.74) is 1.20. The van der Waals surface area contributed by atoms with E-state index < -0.39 is 5.97 Å². The highest BCUT2D eigenvalue weighted by Crippen LogP contribution is 2.13. The Bertz CT molecular complexity index is 714. The average Bonchev–Trinajstić information content (AvgIpc) is 2.66. The molecule has 0 saturated carbocycles. The van der Waals surface area contributed by atoms with E-state index in [1.54, 1.807) is 30.5 Å². The minimum atomic E-state index is -0.425. The number of amides is 1. The van der Waals surface area contributed by atoms with Crippen LogP contribution in [0.2, 0.25) is 0 Å². The van der Waals surface area contributed by atoms with Crippen molar-refractivity contribution in [2.45, 2.75) is 19.8 Å². The zero-order valence-electron chi connectivity index (χ0n) is 14.7. The van der Waals surface area contributed by atoms with Gasteiger partial charge in [-0.15, -0.1) is 0 Å². The predicted molar refractivity (Wildman–Crippen MR) is 95.9 cm³/mol. The normalized spacial score (nSPS) is 10.2. The van der Waals surface area contributed by atoms with Gasteiger partial charge < -0.3 is 15.0 Å². The van der Waals surface area contributed by atoms with E-state index in [4.69, 9.17) is 0 Å². The third kappa shape index (κ3) is 5.00. The number of benzene rings is 1. The molecule has 1 N–H and O–H groups in total. The number of esters is 1. The molecule has 0 bridgehead atoms. The molecule has 25 heavy (non-hydrogen) atoms. The third-order valence-electron chi connectivity index (χ3n) is 3.67. The quantitative estimate of drug-likeness (QED) is 0.779. The van der Waals surface area contributed by atoms with Crippen molar-refractivity contribution in [3.8, 4) is 0 Å². The van der Waals surface area contributed by atoms with Crippen molar-refractivity contribution in [2.24, 2.45) is 0 Å². The first-order valence-corrected chi connectivity index (χ1v) is 8.08. The molecule has 0 fully saturated rings. The fourth-order valence-electron chi connectivity index (χ4n) is 2.15. The molecule has 1 aromatic heterocycles. The number of rotatable bonds is 7. The average molecular weight is 342 g/mol. The Morgan fingerprint density at radius 3 is 2.44 bits per heavy atom. The van der Waals surface area contributed by atoms with Crippen LogP contribution in [-0.4, -0.2) is 42.5 Å². The molecule has 0 atom stereocenters. The van der Waals surface area contributed by atoms with E-state index in [0.717, 1.165) is 25.2 Å². The molecule has 1 amide bonds. The standard InChI is InChI=1S/C18H22N4O3/c1-4-5-10-22(2)16-12-19-15(11-20-16)17(23)21-14-8-6-13(7-9-14)18(24)25-3/h6-9,11-12H,4-5,10H2,1-3H3,(H,21,23). The van der Waals surface area contributed by atoms with E-state index in [2.05, 4.69) is 26.9 Å². The number of carbonyl (C=O) groups excluding carboxylic acids is 2. The number of ether oxygens (including phenoxy) is 1. The summed E-state index contributed by atoms with van der Waals surface area (Å²) in [5.74, 6) is -0.0555. The van der Waals surface area contributed by atoms with Gasteiger partial charge in [-0.05, 0) is 30.7 Å². The summed E-state index contributed by atoms with van der Waals surface area (Å²) in [6.07, 6.45) is 5.22. The number of aromatic nitrogens is 2. The zero-order valence-corrected chi connectivity index (χ0v) is 14.7. The van der Waals surface area contributed by atoms with Gasteiger partial charge in [-0.1, -0.05) is 13.3 Å². The number of methoxy groups -OCH3 is 1. The molecule has 7 nitrogen and oxygen atoms in total. The molecule has 0 aliphatic heterocycles. The van der Waals surface area contributed by atoms with Gasteiger partial charge in [0.15, 0.2) is 0 Å². The number of anilines is 2. The third-order valence-corrected chi connectivity index (χ3v) is 3.67. The van der Waals surface area contributed by atoms with Crippen LogP contribution in [0.3, 0.4) is 0 Å². The van der Waals surface area contributed by atoms with Gasteiger partial charge in [-0.2, -0.15) is 0 Å². The summed E-state index contributed by atoms with van der Waals surface area (Å²) in [4.78, 5) is 34.1. The number of carbonyl (C=O) groups is 2. The molecule has 1 aromatic carbocycles. The molecule has 0 radical (unpaired) electrons. The molecule has 1 heterocycles. The smallest absolute Gasteiger partial charge is 0.337 e. The summed E-state index contributed by atoms with van der Waals surface area (Å²) in [6, 6.07) is 6.42. The molecule has 0 saturated heterocycles. The minimum Gasteiger partial charge on any atom is -0.465 e. The van der Waals surface area contributed by atoms with Crippen LogP contribution >= 0.6 is 0 Å². The van der Waals surface area contributed by atoms with E-state index >= 15 is 0 Å². The van der Waals surface area contributed by atoms with Crippen LogP contribution < -0.4 is 10.2 Å². The summed E-state index contributed by atoms with van der Waals surface area (Å²) in [7, 11) is 3.27. The second kappa shape index (κ2) is 8.77. The SMILES string of the molecule is CCCCN(C)c1cnc(C(=O)Nc2ccc(C(=O)OC)cc2)cn1. The van der Waals surface area contributed by atoms with Gasteiger partial charge in [0.1, 0.15) is 11.5 Å². The Morgan fingerprint density at radius 2 is 1.88 bits per heavy atom. The lowest BCUT2D eigenvalue weighted by molar-refractivity contribution is 0.0600. The van der Waals surface area contributed by atoms with E-state index in [1.165, 1.54) is 13.3 Å². The molecule has 2 rings (SSSR count). The van der Waals surface area contributed by atoms with Crippen LogP contribution in [-0.2, 0) is 4.74 Å². The van der Waals surface area contributed by atoms with Gasteiger partial charge in [0.05, 0.1) is 25.1 Å². The molecule has 7 heteroatoms. The molecule has 0 unspecified atom stereocenters. The van der Waals surface area contributed by atoms with Gasteiger partial charge in [-0.25, -0.2) is 14.8 Å². The van der Waals surface area contributed by atoms with Crippen molar-refractivity contribution in [2.75, 3.05) is 30.9 Å². The van der Waals surface area contributed by atoms with Crippen molar-refractivity contribution in [3.05, 3.63) is 47.9 Å². The number of hydrogen-bond acceptors (Lipinski definition) is 6. The molecule has 132 valence electrons. The first-order valence-electron chi connectivity index (χ1n) is 8.08. The van der Waals surface area contributed by atoms with Crippen LogP contribution in [0.1, 0.15) is 40.6 Å². The van der Waals surface area contributed by atoms with Crippen LogP contribution in [0, 0.1) is 0 Å². The first-order chi connectivity index (χ1) is 12.0. The minimum absolute atomic E-state index is 0.227. The highest BCUT2D eigenvalue weighted by Gasteiger charge is 2.11. The van der Waals surface area contributed by atoms with Crippen LogP contribution in [0.4, 0.5) is 11.5 Å². The molecular weight excluding hydrogens is 320 g/mol. The maximum atomic E-state index is 12.2. The molecule has 0 aliphatic rings. The largest absolute Gasteiger partial charge is 0.465 e. The van der Waals surface area contributed by atoms with Crippen molar-refractivity contribution in [1.29, 1.82) is 0 Å². The van der Waals surface area contributed by atoms with E-state index in [0.29, 0.717) is 11.3 Å². The van der Waals surface area contributed by atoms with E-state index in [-0.39, 0.29) is 11.6 Å². The van der Waals surface area contributed by atoms with Gasteiger partial charge in [-0.3, -0.25) is 4.79 Å². The van der Waals surface area contributed by atoms with Crippen molar-refractivity contribution in [3.63, 3.8) is 0 Å². The fraction of sp³-hybridized carbons (Fsp3) is 0.333. The van der Waals surface area contributed by atoms with E-state index in [1.807, 2.05) is 11.9 Å². The molecule has 0 aliphatic carbocycles. The second-order valence-electron chi connectivity index (χ2n) is 5.56. The maximum absolute atomic E-state index is 12.2. The fourth-order valence-corrected chi connectivity index (χ4v) is 2.15. The van der Waals surface area contributed by atoms with Crippen LogP contribution in [0.5, 0.6) is 0 Å². The van der Waals surface area contributed by atoms with Gasteiger partial charge in [0.25, 0.3) is 5.91 Å². The van der Waals surface area contributed by atoms with Crippen LogP contribution in [0.15, 0.2) is 36.7 Å². The second-order valence-corrected chi connectivity index (χ2v) is 5.56. The van der Waals surface area contributed by atoms with Crippen molar-refractivity contribution < 1.29 is 14.3 Å². The predicted octanol–water partition coefficient (Wildman–Crippen LogP) is 2.75. The van der Waals surface area contributed by atoms with Gasteiger partial charge in [0.2, 0.25) is 0 Å². The van der Waals surface area contributed by atoms with Gasteiger partial charge >= 0.3 is 5.97 Å². The Kier molecular flexibility index (Phi) is 6.45. The van der Waals surface area contributed by atoms with Gasteiger partial charge in [0, 0.05) is 19.3 Å². The summed E-state index contributed by atoms with van der Waals surface area (Å²) < 4.78 is 4.63. The number of nitrogens with zero attached hydrogens (tertiary/aromatic N) is 3. The number of nitrogens with one attached hydrogen (secondary N) is 1. The lowest BCUT2D eigenvalue weighted by Gasteiger charge is -2.17. The maximum Gasteiger partial charge on any atom is 0.337 e. The Balaban J connectivity index is 1.99. The van der Waals surface area contributed by atoms with Crippen LogP contribution in [0.25, 0.3) is 0 Å². The van der Waals surface area contributed by atoms with Crippen molar-refractivity contribution >= 4 is 23.4 Å². The zero-order chi connectivity index (χ0) is 18.2. The Labute approximate surface area is 147 Å². The lowest BCUT2D eigenvalue weighted by Crippen LogP contribution is -2.21. The lowest BCUT2D eigenvalue weighted by atomic mass is 10.2. The Hall–Kier alpha value is -2.96. The Morgan fingerprint density at radius 1 is 1.16 bits per heavy atom. The molecule has 2 aromatic rings. The molecular formula is C18H22N4O3. The monoisotopic (exact) mass is 342 g/mol. The highest BCUT2D eigenvalue weighted by atomic mass is 16.5. The first kappa shape index (κ1) is 18.4. The van der Waals surface area contributed by atoms with Crippen molar-refractivity contribution in [1.82, 2.24) is 9.97 Å². The highest BCUT2D eigenvalue weighted by molar-refractivity contribution is 6.03. The molecule has 0 spiro atoms. The number of hydrogen-bond donors (Lipinski definition) is 1. The summed E-state index contributed by atoms with van der Waals surface area (Å²) >= 11 is 0. The number of unbranched alkanes of at least 4 members (excludes halogenated alkanes) is 1. The topological polar surface area (TPSA) is 84.4 Å².